The number of rotatable bonds is 3. The van der Waals surface area contributed by atoms with E-state index in [-0.39, 0.29) is 13.0 Å². The van der Waals surface area contributed by atoms with Gasteiger partial charge in [0, 0.05) is 22.7 Å². The van der Waals surface area contributed by atoms with Gasteiger partial charge in [0.25, 0.3) is 5.56 Å². The van der Waals surface area contributed by atoms with Crippen LogP contribution in [0.25, 0.3) is 11.1 Å². The predicted octanol–water partition coefficient (Wildman–Crippen LogP) is 0.607. The quantitative estimate of drug-likeness (QED) is 0.721. The molecular formula is C15H15BrN2O5. The summed E-state index contributed by atoms with van der Waals surface area (Å²) in [5.74, 6) is 0. The normalized spacial score (nSPS) is 24.0. The van der Waals surface area contributed by atoms with Gasteiger partial charge in [-0.3, -0.25) is 14.3 Å². The van der Waals surface area contributed by atoms with Gasteiger partial charge in [0.1, 0.15) is 12.3 Å². The number of H-pyrrole nitrogens is 1. The van der Waals surface area contributed by atoms with Crippen molar-refractivity contribution in [2.45, 2.75) is 24.9 Å². The second-order valence-electron chi connectivity index (χ2n) is 5.30. The zero-order valence-corrected chi connectivity index (χ0v) is 13.6. The highest BCUT2D eigenvalue weighted by Crippen LogP contribution is 2.29. The summed E-state index contributed by atoms with van der Waals surface area (Å²) in [4.78, 5) is 26.5. The van der Waals surface area contributed by atoms with E-state index in [9.17, 15) is 14.7 Å². The Labute approximate surface area is 139 Å². The molecule has 8 heteroatoms. The molecule has 0 radical (unpaired) electrons. The van der Waals surface area contributed by atoms with Gasteiger partial charge in [-0.1, -0.05) is 34.1 Å². The van der Waals surface area contributed by atoms with Crippen molar-refractivity contribution in [1.29, 1.82) is 0 Å². The molecule has 3 atom stereocenters. The molecule has 1 aromatic carbocycles. The van der Waals surface area contributed by atoms with Crippen LogP contribution in [0.5, 0.6) is 0 Å². The summed E-state index contributed by atoms with van der Waals surface area (Å²) < 4.78 is 7.43. The molecule has 1 aliphatic heterocycles. The Morgan fingerprint density at radius 1 is 1.30 bits per heavy atom. The van der Waals surface area contributed by atoms with Crippen LogP contribution in [0.2, 0.25) is 0 Å². The molecule has 1 aromatic heterocycles. The highest BCUT2D eigenvalue weighted by molar-refractivity contribution is 9.10. The third-order valence-electron chi connectivity index (χ3n) is 3.83. The maximum Gasteiger partial charge on any atom is 0.330 e. The Bertz CT molecular complexity index is 831. The Balaban J connectivity index is 2.07. The number of aromatic amines is 1. The largest absolute Gasteiger partial charge is 0.394 e. The van der Waals surface area contributed by atoms with Crippen molar-refractivity contribution < 1.29 is 14.9 Å². The lowest BCUT2D eigenvalue weighted by Gasteiger charge is -2.15. The zero-order chi connectivity index (χ0) is 16.6. The summed E-state index contributed by atoms with van der Waals surface area (Å²) in [6.45, 7) is -0.340. The van der Waals surface area contributed by atoms with Crippen molar-refractivity contribution >= 4 is 15.9 Å². The van der Waals surface area contributed by atoms with E-state index >= 15 is 0 Å². The first-order valence-corrected chi connectivity index (χ1v) is 7.85. The molecule has 3 N–H and O–H groups in total. The maximum absolute atomic E-state index is 12.1. The molecule has 2 heterocycles. The fourth-order valence-corrected chi connectivity index (χ4v) is 3.12. The molecule has 0 saturated carbocycles. The molecule has 0 unspecified atom stereocenters. The van der Waals surface area contributed by atoms with Gasteiger partial charge >= 0.3 is 5.69 Å². The molecule has 0 amide bonds. The lowest BCUT2D eigenvalue weighted by molar-refractivity contribution is -0.0458. The topological polar surface area (TPSA) is 105 Å². The predicted molar refractivity (Wildman–Crippen MR) is 86.1 cm³/mol. The number of ether oxygens (including phenoxy) is 1. The van der Waals surface area contributed by atoms with Gasteiger partial charge in [-0.25, -0.2) is 4.79 Å². The summed E-state index contributed by atoms with van der Waals surface area (Å²) in [6.07, 6.45) is -0.778. The van der Waals surface area contributed by atoms with Crippen molar-refractivity contribution in [3.8, 4) is 11.1 Å². The number of aliphatic hydroxyl groups is 2. The Hall–Kier alpha value is -1.74. The van der Waals surface area contributed by atoms with E-state index in [1.807, 2.05) is 6.07 Å². The minimum absolute atomic E-state index is 0.159. The maximum atomic E-state index is 12.1. The van der Waals surface area contributed by atoms with E-state index in [4.69, 9.17) is 9.84 Å². The second kappa shape index (κ2) is 6.40. The first-order chi connectivity index (χ1) is 11.0. The molecule has 7 nitrogen and oxygen atoms in total. The van der Waals surface area contributed by atoms with E-state index in [1.165, 1.54) is 10.8 Å². The smallest absolute Gasteiger partial charge is 0.330 e. The minimum atomic E-state index is -0.865. The Kier molecular flexibility index (Phi) is 4.49. The number of aliphatic hydroxyl groups excluding tert-OH is 2. The molecule has 122 valence electrons. The van der Waals surface area contributed by atoms with Gasteiger partial charge in [-0.15, -0.1) is 0 Å². The number of hydrogen-bond donors (Lipinski definition) is 3. The highest BCUT2D eigenvalue weighted by atomic mass is 79.9. The van der Waals surface area contributed by atoms with Crippen LogP contribution in [-0.2, 0) is 4.74 Å². The monoisotopic (exact) mass is 382 g/mol. The number of benzene rings is 1. The van der Waals surface area contributed by atoms with Gasteiger partial charge in [0.2, 0.25) is 0 Å². The SMILES string of the molecule is O=c1[nH]c(=O)n([C@H]2C[C@H](O)[C@@H](CO)O2)cc1-c1ccccc1Br. The Morgan fingerprint density at radius 3 is 2.70 bits per heavy atom. The molecule has 0 spiro atoms. The molecule has 2 aromatic rings. The summed E-state index contributed by atoms with van der Waals surface area (Å²) in [7, 11) is 0. The van der Waals surface area contributed by atoms with Crippen LogP contribution in [0.1, 0.15) is 12.6 Å². The van der Waals surface area contributed by atoms with Crippen molar-refractivity contribution in [1.82, 2.24) is 9.55 Å². The molecule has 1 saturated heterocycles. The van der Waals surface area contributed by atoms with Gasteiger partial charge in [-0.2, -0.15) is 0 Å². The van der Waals surface area contributed by atoms with Gasteiger partial charge < -0.3 is 14.9 Å². The van der Waals surface area contributed by atoms with Crippen molar-refractivity contribution in [3.05, 3.63) is 55.8 Å². The molecule has 3 rings (SSSR count). The molecular weight excluding hydrogens is 368 g/mol. The third kappa shape index (κ3) is 3.02. The average molecular weight is 383 g/mol. The first-order valence-electron chi connectivity index (χ1n) is 7.06. The number of aromatic nitrogens is 2. The number of nitrogens with zero attached hydrogens (tertiary/aromatic N) is 1. The van der Waals surface area contributed by atoms with Crippen molar-refractivity contribution in [2.75, 3.05) is 6.61 Å². The lowest BCUT2D eigenvalue weighted by Crippen LogP contribution is -2.33. The summed E-state index contributed by atoms with van der Waals surface area (Å²) in [5.41, 5.74) is -0.181. The number of halogens is 1. The lowest BCUT2D eigenvalue weighted by atomic mass is 10.1. The second-order valence-corrected chi connectivity index (χ2v) is 6.16. The molecule has 1 fully saturated rings. The molecule has 23 heavy (non-hydrogen) atoms. The minimum Gasteiger partial charge on any atom is -0.394 e. The van der Waals surface area contributed by atoms with Crippen LogP contribution in [-0.4, -0.2) is 38.6 Å². The van der Waals surface area contributed by atoms with Gasteiger partial charge in [0.15, 0.2) is 0 Å². The van der Waals surface area contributed by atoms with Crippen molar-refractivity contribution in [3.63, 3.8) is 0 Å². The van der Waals surface area contributed by atoms with Gasteiger partial charge in [0.05, 0.1) is 18.3 Å². The fourth-order valence-electron chi connectivity index (χ4n) is 2.62. The van der Waals surface area contributed by atoms with E-state index in [1.54, 1.807) is 18.2 Å². The molecule has 0 aliphatic carbocycles. The summed E-state index contributed by atoms with van der Waals surface area (Å²) in [5, 5.41) is 19.0. The van der Waals surface area contributed by atoms with E-state index < -0.39 is 29.7 Å². The first kappa shape index (κ1) is 16.1. The summed E-state index contributed by atoms with van der Waals surface area (Å²) >= 11 is 3.38. The average Bonchev–Trinajstić information content (AvgIpc) is 2.89. The van der Waals surface area contributed by atoms with Crippen LogP contribution in [0, 0.1) is 0 Å². The van der Waals surface area contributed by atoms with Gasteiger partial charge in [-0.05, 0) is 6.07 Å². The standard InChI is InChI=1S/C15H15BrN2O5/c16-10-4-2-1-3-8(10)9-6-18(15(22)17-14(9)21)13-5-11(20)12(7-19)23-13/h1-4,6,11-13,19-20H,5,7H2,(H,17,21,22)/t11-,12+,13+/m0/s1. The molecule has 0 bridgehead atoms. The zero-order valence-electron chi connectivity index (χ0n) is 12.0. The fraction of sp³-hybridized carbons (Fsp3) is 0.333. The number of nitrogens with one attached hydrogen (secondary N) is 1. The van der Waals surface area contributed by atoms with Crippen molar-refractivity contribution in [2.24, 2.45) is 0 Å². The van der Waals surface area contributed by atoms with Crippen LogP contribution < -0.4 is 11.2 Å². The van der Waals surface area contributed by atoms with Crippen LogP contribution in [0.15, 0.2) is 44.5 Å². The van der Waals surface area contributed by atoms with E-state index in [2.05, 4.69) is 20.9 Å². The van der Waals surface area contributed by atoms with E-state index in [0.717, 1.165) is 4.47 Å². The van der Waals surface area contributed by atoms with Crippen LogP contribution in [0.4, 0.5) is 0 Å². The van der Waals surface area contributed by atoms with Crippen LogP contribution in [0.3, 0.4) is 0 Å². The highest BCUT2D eigenvalue weighted by Gasteiger charge is 2.35. The molecule has 1 aliphatic rings. The van der Waals surface area contributed by atoms with Crippen LogP contribution >= 0.6 is 15.9 Å². The van der Waals surface area contributed by atoms with E-state index in [0.29, 0.717) is 11.1 Å². The Morgan fingerprint density at radius 2 is 2.04 bits per heavy atom. The third-order valence-corrected chi connectivity index (χ3v) is 4.52. The summed E-state index contributed by atoms with van der Waals surface area (Å²) in [6, 6.07) is 7.15. The number of hydrogen-bond acceptors (Lipinski definition) is 5.